The third-order valence-corrected chi connectivity index (χ3v) is 2.86. The van der Waals surface area contributed by atoms with Crippen molar-refractivity contribution in [2.24, 2.45) is 5.41 Å². The van der Waals surface area contributed by atoms with Crippen molar-refractivity contribution >= 4 is 5.97 Å². The van der Waals surface area contributed by atoms with E-state index in [9.17, 15) is 13.6 Å². The highest BCUT2D eigenvalue weighted by molar-refractivity contribution is 5.80. The number of carboxylic acids is 1. The Morgan fingerprint density at radius 3 is 2.27 bits per heavy atom. The van der Waals surface area contributed by atoms with Gasteiger partial charge in [-0.15, -0.1) is 0 Å². The lowest BCUT2D eigenvalue weighted by Gasteiger charge is -2.10. The maximum absolute atomic E-state index is 13.0. The Labute approximate surface area is 85.5 Å². The summed E-state index contributed by atoms with van der Waals surface area (Å²) in [6.45, 7) is 0. The van der Waals surface area contributed by atoms with Gasteiger partial charge < -0.3 is 5.11 Å². The Morgan fingerprint density at radius 2 is 1.87 bits per heavy atom. The Bertz CT molecular complexity index is 389. The van der Waals surface area contributed by atoms with Crippen LogP contribution in [0.3, 0.4) is 0 Å². The molecule has 0 heterocycles. The van der Waals surface area contributed by atoms with Crippen molar-refractivity contribution in [2.75, 3.05) is 0 Å². The van der Waals surface area contributed by atoms with E-state index < -0.39 is 23.7 Å². The monoisotopic (exact) mass is 212 g/mol. The number of carboxylic acid groups (broad SMARTS) is 1. The highest BCUT2D eigenvalue weighted by atomic mass is 19.3. The van der Waals surface area contributed by atoms with Crippen molar-refractivity contribution in [2.45, 2.75) is 18.8 Å². The molecule has 0 saturated heterocycles. The highest BCUT2D eigenvalue weighted by Crippen LogP contribution is 2.62. The highest BCUT2D eigenvalue weighted by Gasteiger charge is 2.75. The number of hydrogen-bond acceptors (Lipinski definition) is 1. The summed E-state index contributed by atoms with van der Waals surface area (Å²) in [6, 6.07) is 8.52. The lowest BCUT2D eigenvalue weighted by atomic mass is 9.96. The number of hydrogen-bond donors (Lipinski definition) is 1. The van der Waals surface area contributed by atoms with Crippen LogP contribution in [0.2, 0.25) is 0 Å². The van der Waals surface area contributed by atoms with Gasteiger partial charge in [0, 0.05) is 6.42 Å². The van der Waals surface area contributed by atoms with E-state index >= 15 is 0 Å². The molecule has 15 heavy (non-hydrogen) atoms. The standard InChI is InChI=1S/C11H10F2O2/c12-11(13)7-10(11,9(14)15)6-8-4-2-1-3-5-8/h1-5H,6-7H2,(H,14,15). The van der Waals surface area contributed by atoms with Crippen LogP contribution in [0.15, 0.2) is 30.3 Å². The summed E-state index contributed by atoms with van der Waals surface area (Å²) in [6.07, 6.45) is -0.652. The van der Waals surface area contributed by atoms with Gasteiger partial charge in [0.25, 0.3) is 5.92 Å². The van der Waals surface area contributed by atoms with Crippen molar-refractivity contribution in [3.05, 3.63) is 35.9 Å². The first-order valence-corrected chi connectivity index (χ1v) is 4.63. The zero-order chi connectivity index (χ0) is 11.1. The summed E-state index contributed by atoms with van der Waals surface area (Å²) in [5, 5.41) is 8.82. The number of carbonyl (C=O) groups is 1. The molecule has 1 aliphatic rings. The Kier molecular flexibility index (Phi) is 2.03. The minimum absolute atomic E-state index is 0.101. The molecule has 0 aliphatic heterocycles. The normalized spacial score (nSPS) is 27.3. The van der Waals surface area contributed by atoms with Crippen LogP contribution in [0.25, 0.3) is 0 Å². The van der Waals surface area contributed by atoms with Gasteiger partial charge in [-0.05, 0) is 12.0 Å². The minimum atomic E-state index is -3.06. The van der Waals surface area contributed by atoms with Crippen LogP contribution in [-0.2, 0) is 11.2 Å². The molecule has 0 bridgehead atoms. The first kappa shape index (κ1) is 10.1. The van der Waals surface area contributed by atoms with E-state index in [4.69, 9.17) is 5.11 Å². The second kappa shape index (κ2) is 3.02. The molecule has 0 amide bonds. The lowest BCUT2D eigenvalue weighted by molar-refractivity contribution is -0.147. The van der Waals surface area contributed by atoms with Gasteiger partial charge in [0.15, 0.2) is 0 Å². The summed E-state index contributed by atoms with van der Waals surface area (Å²) in [4.78, 5) is 10.8. The van der Waals surface area contributed by atoms with Crippen molar-refractivity contribution in [1.82, 2.24) is 0 Å². The molecule has 0 aromatic heterocycles. The smallest absolute Gasteiger partial charge is 0.316 e. The summed E-state index contributed by atoms with van der Waals surface area (Å²) < 4.78 is 26.0. The number of benzene rings is 1. The molecular formula is C11H10F2O2. The van der Waals surface area contributed by atoms with Gasteiger partial charge in [-0.3, -0.25) is 4.79 Å². The molecule has 2 rings (SSSR count). The fraction of sp³-hybridized carbons (Fsp3) is 0.364. The number of halogens is 2. The van der Waals surface area contributed by atoms with Crippen LogP contribution in [0, 0.1) is 5.41 Å². The van der Waals surface area contributed by atoms with Gasteiger partial charge in [0.1, 0.15) is 5.41 Å². The molecule has 1 unspecified atom stereocenters. The van der Waals surface area contributed by atoms with Gasteiger partial charge in [0.05, 0.1) is 0 Å². The average molecular weight is 212 g/mol. The van der Waals surface area contributed by atoms with Gasteiger partial charge >= 0.3 is 5.97 Å². The summed E-state index contributed by atoms with van der Waals surface area (Å²) in [5.41, 5.74) is -1.23. The van der Waals surface area contributed by atoms with Crippen LogP contribution in [0.5, 0.6) is 0 Å². The van der Waals surface area contributed by atoms with Crippen molar-refractivity contribution in [1.29, 1.82) is 0 Å². The van der Waals surface area contributed by atoms with Crippen molar-refractivity contribution < 1.29 is 18.7 Å². The molecule has 1 atom stereocenters. The first-order valence-electron chi connectivity index (χ1n) is 4.63. The first-order chi connectivity index (χ1) is 6.98. The second-order valence-corrected chi connectivity index (χ2v) is 3.93. The number of aliphatic carboxylic acids is 1. The maximum atomic E-state index is 13.0. The zero-order valence-electron chi connectivity index (χ0n) is 7.91. The van der Waals surface area contributed by atoms with E-state index in [1.165, 1.54) is 0 Å². The molecular weight excluding hydrogens is 202 g/mol. The molecule has 80 valence electrons. The van der Waals surface area contributed by atoms with E-state index in [2.05, 4.69) is 0 Å². The van der Waals surface area contributed by atoms with E-state index in [-0.39, 0.29) is 6.42 Å². The quantitative estimate of drug-likeness (QED) is 0.834. The molecule has 2 nitrogen and oxygen atoms in total. The minimum Gasteiger partial charge on any atom is -0.481 e. The fourth-order valence-electron chi connectivity index (χ4n) is 1.78. The lowest BCUT2D eigenvalue weighted by Crippen LogP contribution is -2.24. The number of rotatable bonds is 3. The van der Waals surface area contributed by atoms with Gasteiger partial charge in [-0.2, -0.15) is 0 Å². The molecule has 1 aromatic rings. The second-order valence-electron chi connectivity index (χ2n) is 3.93. The Hall–Kier alpha value is -1.45. The predicted molar refractivity (Wildman–Crippen MR) is 49.8 cm³/mol. The molecule has 1 N–H and O–H groups in total. The molecule has 4 heteroatoms. The average Bonchev–Trinajstić information content (AvgIpc) is 2.71. The molecule has 0 spiro atoms. The predicted octanol–water partition coefficient (Wildman–Crippen LogP) is 2.34. The van der Waals surface area contributed by atoms with E-state index in [0.717, 1.165) is 0 Å². The van der Waals surface area contributed by atoms with Crippen molar-refractivity contribution in [3.8, 4) is 0 Å². The largest absolute Gasteiger partial charge is 0.481 e. The topological polar surface area (TPSA) is 37.3 Å². The van der Waals surface area contributed by atoms with Crippen molar-refractivity contribution in [3.63, 3.8) is 0 Å². The van der Waals surface area contributed by atoms with Gasteiger partial charge in [0.2, 0.25) is 0 Å². The van der Waals surface area contributed by atoms with Crippen LogP contribution >= 0.6 is 0 Å². The van der Waals surface area contributed by atoms with Crippen LogP contribution < -0.4 is 0 Å². The Morgan fingerprint density at radius 1 is 1.33 bits per heavy atom. The third-order valence-electron chi connectivity index (χ3n) is 2.86. The summed E-state index contributed by atoms with van der Waals surface area (Å²) in [5.74, 6) is -4.47. The number of alkyl halides is 2. The molecule has 1 fully saturated rings. The van der Waals surface area contributed by atoms with Gasteiger partial charge in [-0.1, -0.05) is 30.3 Å². The SMILES string of the molecule is O=C(O)C1(Cc2ccccc2)CC1(F)F. The van der Waals surface area contributed by atoms with Crippen LogP contribution in [0.1, 0.15) is 12.0 Å². The zero-order valence-corrected chi connectivity index (χ0v) is 7.91. The van der Waals surface area contributed by atoms with Crippen LogP contribution in [-0.4, -0.2) is 17.0 Å². The molecule has 0 radical (unpaired) electrons. The summed E-state index contributed by atoms with van der Waals surface area (Å²) in [7, 11) is 0. The molecule has 1 aromatic carbocycles. The van der Waals surface area contributed by atoms with Gasteiger partial charge in [-0.25, -0.2) is 8.78 Å². The third kappa shape index (κ3) is 1.50. The Balaban J connectivity index is 2.22. The summed E-state index contributed by atoms with van der Waals surface area (Å²) >= 11 is 0. The van der Waals surface area contributed by atoms with E-state index in [0.29, 0.717) is 5.56 Å². The van der Waals surface area contributed by atoms with E-state index in [1.54, 1.807) is 30.3 Å². The molecule has 1 aliphatic carbocycles. The maximum Gasteiger partial charge on any atom is 0.316 e. The van der Waals surface area contributed by atoms with Crippen LogP contribution in [0.4, 0.5) is 8.78 Å². The fourth-order valence-corrected chi connectivity index (χ4v) is 1.78. The molecule has 1 saturated carbocycles. The van der Waals surface area contributed by atoms with E-state index in [1.807, 2.05) is 0 Å².